The van der Waals surface area contributed by atoms with E-state index in [0.29, 0.717) is 29.0 Å². The molecule has 0 aromatic carbocycles. The minimum absolute atomic E-state index is 0.0925. The lowest BCUT2D eigenvalue weighted by molar-refractivity contribution is -0.141. The number of aryl methyl sites for hydroxylation is 1. The Kier molecular flexibility index (Phi) is 4.58. The molecular formula is C25H36N2O2. The molecule has 1 heterocycles. The number of carbonyl (C=O) groups is 1. The van der Waals surface area contributed by atoms with Crippen LogP contribution >= 0.6 is 0 Å². The van der Waals surface area contributed by atoms with Crippen LogP contribution in [0.2, 0.25) is 0 Å². The second kappa shape index (κ2) is 6.80. The lowest BCUT2D eigenvalue weighted by atomic mass is 9.45. The smallest absolute Gasteiger partial charge is 0.165 e. The Bertz CT molecular complexity index is 842. The summed E-state index contributed by atoms with van der Waals surface area (Å²) in [6, 6.07) is 0. The van der Waals surface area contributed by atoms with Gasteiger partial charge in [-0.2, -0.15) is 5.10 Å². The molecule has 7 atom stereocenters. The monoisotopic (exact) mass is 396 g/mol. The van der Waals surface area contributed by atoms with Crippen molar-refractivity contribution in [2.45, 2.75) is 84.8 Å². The molecule has 4 aliphatic carbocycles. The lowest BCUT2D eigenvalue weighted by Gasteiger charge is -2.59. The molecule has 4 heteroatoms. The molecule has 4 nitrogen and oxygen atoms in total. The normalized spacial score (nSPS) is 45.7. The third kappa shape index (κ3) is 2.89. The zero-order valence-electron chi connectivity index (χ0n) is 18.2. The van der Waals surface area contributed by atoms with Crippen LogP contribution in [0.15, 0.2) is 18.0 Å². The summed E-state index contributed by atoms with van der Waals surface area (Å²) in [4.78, 5) is 13.5. The van der Waals surface area contributed by atoms with Crippen molar-refractivity contribution in [2.24, 2.45) is 34.5 Å². The van der Waals surface area contributed by atoms with Gasteiger partial charge in [0.05, 0.1) is 12.3 Å². The summed E-state index contributed by atoms with van der Waals surface area (Å²) >= 11 is 0. The van der Waals surface area contributed by atoms with Gasteiger partial charge >= 0.3 is 0 Å². The van der Waals surface area contributed by atoms with Gasteiger partial charge in [0.25, 0.3) is 0 Å². The number of allylic oxidation sites excluding steroid dienone is 1. The zero-order chi connectivity index (χ0) is 20.4. The fourth-order valence-corrected chi connectivity index (χ4v) is 7.86. The van der Waals surface area contributed by atoms with E-state index in [-0.39, 0.29) is 11.5 Å². The maximum Gasteiger partial charge on any atom is 0.165 e. The number of rotatable bonds is 2. The molecule has 0 radical (unpaired) electrons. The number of hydrogen-bond donors (Lipinski definition) is 1. The van der Waals surface area contributed by atoms with Gasteiger partial charge < -0.3 is 5.11 Å². The van der Waals surface area contributed by atoms with Crippen molar-refractivity contribution in [3.05, 3.63) is 23.5 Å². The van der Waals surface area contributed by atoms with Gasteiger partial charge in [0.1, 0.15) is 0 Å². The van der Waals surface area contributed by atoms with Crippen molar-refractivity contribution in [1.82, 2.24) is 9.78 Å². The molecule has 5 rings (SSSR count). The number of fused-ring (bicyclic) bond motifs is 5. The van der Waals surface area contributed by atoms with Gasteiger partial charge in [-0.05, 0) is 99.0 Å². The number of aliphatic hydroxyl groups excluding tert-OH is 1. The van der Waals surface area contributed by atoms with Crippen LogP contribution in [-0.4, -0.2) is 26.8 Å². The van der Waals surface area contributed by atoms with Crippen LogP contribution in [0.1, 0.15) is 77.7 Å². The summed E-state index contributed by atoms with van der Waals surface area (Å²) in [5.41, 5.74) is 2.28. The quantitative estimate of drug-likeness (QED) is 0.726. The highest BCUT2D eigenvalue weighted by atomic mass is 16.3. The summed E-state index contributed by atoms with van der Waals surface area (Å²) in [5, 5.41) is 14.6. The summed E-state index contributed by atoms with van der Waals surface area (Å²) in [5.74, 6) is 2.95. The summed E-state index contributed by atoms with van der Waals surface area (Å²) in [6.07, 6.45) is 14.7. The Labute approximate surface area is 174 Å². The Hall–Kier alpha value is -1.42. The van der Waals surface area contributed by atoms with E-state index in [0.717, 1.165) is 55.7 Å². The molecule has 4 saturated carbocycles. The predicted molar refractivity (Wildman–Crippen MR) is 114 cm³/mol. The molecule has 1 aromatic heterocycles. The van der Waals surface area contributed by atoms with E-state index >= 15 is 0 Å². The molecule has 4 aliphatic rings. The average molecular weight is 397 g/mol. The summed E-state index contributed by atoms with van der Waals surface area (Å²) in [7, 11) is 0. The highest BCUT2D eigenvalue weighted by Gasteiger charge is 2.61. The third-order valence-electron chi connectivity index (χ3n) is 9.60. The first-order chi connectivity index (χ1) is 13.8. The highest BCUT2D eigenvalue weighted by Crippen LogP contribution is 2.66. The fraction of sp³-hybridized carbons (Fsp3) is 0.760. The van der Waals surface area contributed by atoms with Crippen molar-refractivity contribution in [3.63, 3.8) is 0 Å². The number of aromatic nitrogens is 2. The minimum atomic E-state index is -0.175. The molecule has 0 unspecified atom stereocenters. The Morgan fingerprint density at radius 3 is 2.79 bits per heavy atom. The average Bonchev–Trinajstić information content (AvgIpc) is 3.26. The van der Waals surface area contributed by atoms with E-state index in [4.69, 9.17) is 0 Å². The number of ketones is 1. The number of aliphatic hydroxyl groups is 1. The SMILES string of the molecule is CCn1cc(/C=C2\C[C@H]3[C@@H]4CC[C@H]5C[C@@H](O)CC[C@]5(C)[C@H]4CC[C@]3(C)C2=O)cn1. The van der Waals surface area contributed by atoms with Gasteiger partial charge in [0.2, 0.25) is 0 Å². The van der Waals surface area contributed by atoms with Crippen LogP contribution < -0.4 is 0 Å². The summed E-state index contributed by atoms with van der Waals surface area (Å²) < 4.78 is 1.93. The first kappa shape index (κ1) is 19.5. The van der Waals surface area contributed by atoms with Gasteiger partial charge in [0.15, 0.2) is 5.78 Å². The fourth-order valence-electron chi connectivity index (χ4n) is 7.86. The molecule has 0 amide bonds. The second-order valence-corrected chi connectivity index (χ2v) is 10.9. The van der Waals surface area contributed by atoms with Crippen molar-refractivity contribution in [1.29, 1.82) is 0 Å². The van der Waals surface area contributed by atoms with E-state index in [1.165, 1.54) is 19.3 Å². The van der Waals surface area contributed by atoms with Gasteiger partial charge in [-0.1, -0.05) is 13.8 Å². The molecule has 0 aliphatic heterocycles. The largest absolute Gasteiger partial charge is 0.393 e. The standard InChI is InChI=1S/C25H36N2O2/c1-4-27-15-16(14-26-27)11-17-12-22-20-6-5-18-13-19(28)7-9-24(18,2)21(20)8-10-25(22,3)23(17)29/h11,14-15,18-22,28H,4-10,12-13H2,1-3H3/b17-11+/t18-,19-,20+,21-,22-,24-,25-/m0/s1. The first-order valence-corrected chi connectivity index (χ1v) is 11.8. The van der Waals surface area contributed by atoms with Crippen LogP contribution in [0, 0.1) is 34.5 Å². The maximum absolute atomic E-state index is 13.5. The first-order valence-electron chi connectivity index (χ1n) is 11.8. The molecular weight excluding hydrogens is 360 g/mol. The van der Waals surface area contributed by atoms with Gasteiger partial charge in [-0.25, -0.2) is 0 Å². The summed E-state index contributed by atoms with van der Waals surface area (Å²) in [6.45, 7) is 7.71. The second-order valence-electron chi connectivity index (χ2n) is 10.9. The Balaban J connectivity index is 1.43. The van der Waals surface area contributed by atoms with Crippen molar-refractivity contribution in [2.75, 3.05) is 0 Å². The van der Waals surface area contributed by atoms with E-state index in [9.17, 15) is 9.90 Å². The van der Waals surface area contributed by atoms with Gasteiger partial charge in [-0.15, -0.1) is 0 Å². The molecule has 0 bridgehead atoms. The van der Waals surface area contributed by atoms with Crippen molar-refractivity contribution >= 4 is 11.9 Å². The van der Waals surface area contributed by atoms with Crippen LogP contribution in [-0.2, 0) is 11.3 Å². The number of carbonyl (C=O) groups excluding carboxylic acids is 1. The van der Waals surface area contributed by atoms with Crippen molar-refractivity contribution in [3.8, 4) is 0 Å². The lowest BCUT2D eigenvalue weighted by Crippen LogP contribution is -2.54. The van der Waals surface area contributed by atoms with Crippen molar-refractivity contribution < 1.29 is 9.90 Å². The number of hydrogen-bond acceptors (Lipinski definition) is 3. The molecule has 29 heavy (non-hydrogen) atoms. The topological polar surface area (TPSA) is 55.1 Å². The van der Waals surface area contributed by atoms with Crippen LogP contribution in [0.5, 0.6) is 0 Å². The van der Waals surface area contributed by atoms with E-state index in [1.54, 1.807) is 0 Å². The van der Waals surface area contributed by atoms with Crippen LogP contribution in [0.25, 0.3) is 6.08 Å². The van der Waals surface area contributed by atoms with Gasteiger partial charge in [0, 0.05) is 23.7 Å². The van der Waals surface area contributed by atoms with E-state index in [1.807, 2.05) is 17.1 Å². The zero-order valence-corrected chi connectivity index (χ0v) is 18.2. The Morgan fingerprint density at radius 2 is 2.03 bits per heavy atom. The van der Waals surface area contributed by atoms with Gasteiger partial charge in [-0.3, -0.25) is 9.48 Å². The molecule has 0 saturated heterocycles. The number of nitrogens with zero attached hydrogens (tertiary/aromatic N) is 2. The maximum atomic E-state index is 13.5. The van der Waals surface area contributed by atoms with E-state index in [2.05, 4.69) is 31.9 Å². The van der Waals surface area contributed by atoms with E-state index < -0.39 is 0 Å². The Morgan fingerprint density at radius 1 is 1.21 bits per heavy atom. The minimum Gasteiger partial charge on any atom is -0.393 e. The van der Waals surface area contributed by atoms with Crippen LogP contribution in [0.4, 0.5) is 0 Å². The predicted octanol–water partition coefficient (Wildman–Crippen LogP) is 4.87. The molecule has 1 N–H and O–H groups in total. The molecule has 1 aromatic rings. The number of Topliss-reactive ketones (excluding diaryl/α,β-unsaturated/α-hetero) is 1. The van der Waals surface area contributed by atoms with Crippen LogP contribution in [0.3, 0.4) is 0 Å². The molecule has 4 fully saturated rings. The highest BCUT2D eigenvalue weighted by molar-refractivity contribution is 6.05. The molecule has 158 valence electrons. The third-order valence-corrected chi connectivity index (χ3v) is 9.60. The molecule has 0 spiro atoms.